The van der Waals surface area contributed by atoms with Crippen molar-refractivity contribution in [1.29, 1.82) is 0 Å². The zero-order valence-corrected chi connectivity index (χ0v) is 15.6. The third-order valence-electron chi connectivity index (χ3n) is 9.58. The van der Waals surface area contributed by atoms with Crippen LogP contribution in [-0.4, -0.2) is 4.62 Å². The highest BCUT2D eigenvalue weighted by molar-refractivity contribution is 7.29. The second kappa shape index (κ2) is 4.37. The number of halogens is 1. The van der Waals surface area contributed by atoms with Gasteiger partial charge in [0.05, 0.1) is 0 Å². The van der Waals surface area contributed by atoms with Gasteiger partial charge in [0, 0.05) is 5.41 Å². The van der Waals surface area contributed by atoms with E-state index in [1.807, 2.05) is 0 Å². The van der Waals surface area contributed by atoms with E-state index < -0.39 is 4.62 Å². The quantitative estimate of drug-likeness (QED) is 0.424. The number of rotatable bonds is 2. The summed E-state index contributed by atoms with van der Waals surface area (Å²) >= 11 is 7.38. The van der Waals surface area contributed by atoms with Gasteiger partial charge < -0.3 is 0 Å². The molecule has 126 valence electrons. The van der Waals surface area contributed by atoms with Crippen molar-refractivity contribution in [3.05, 3.63) is 0 Å². The predicted octanol–water partition coefficient (Wildman–Crippen LogP) is 6.26. The molecule has 0 heterocycles. The van der Waals surface area contributed by atoms with Crippen LogP contribution < -0.4 is 0 Å². The molecule has 0 aromatic carbocycles. The molecule has 0 N–H and O–H groups in total. The minimum absolute atomic E-state index is 0.204. The third-order valence-corrected chi connectivity index (χ3v) is 11.5. The van der Waals surface area contributed by atoms with Crippen LogP contribution in [0.3, 0.4) is 0 Å². The zero-order chi connectivity index (χ0) is 15.4. The van der Waals surface area contributed by atoms with Crippen molar-refractivity contribution in [2.75, 3.05) is 0 Å². The largest absolute Gasteiger partial charge is 0.273 e. The van der Waals surface area contributed by atoms with E-state index in [9.17, 15) is 4.57 Å². The number of hydrogen-bond donors (Lipinski definition) is 0. The Hall–Kier alpha value is 0.390. The molecule has 0 radical (unpaired) electrons. The standard InChI is InChI=1S/C20H28ClOP/c21-20(23-22)17-5-15-4-16(6-17)11-19(20,10-15)18-7-12-1-13(8-18)3-14(2-12)9-18/h12-17H,1-11H2/t12?,13?,14?,15-,16+,17?,18?,19?,20-/m0/s1. The Morgan fingerprint density at radius 1 is 0.696 bits per heavy atom. The molecule has 8 aliphatic rings. The van der Waals surface area contributed by atoms with Crippen LogP contribution >= 0.6 is 20.1 Å². The van der Waals surface area contributed by atoms with Gasteiger partial charge in [0.2, 0.25) is 0 Å². The van der Waals surface area contributed by atoms with E-state index in [1.54, 1.807) is 0 Å². The molecule has 8 fully saturated rings. The molecule has 0 aromatic rings. The Kier molecular flexibility index (Phi) is 2.77. The average molecular weight is 351 g/mol. The number of hydrogen-bond acceptors (Lipinski definition) is 1. The van der Waals surface area contributed by atoms with Crippen LogP contribution in [0.5, 0.6) is 0 Å². The van der Waals surface area contributed by atoms with E-state index in [-0.39, 0.29) is 13.9 Å². The van der Waals surface area contributed by atoms with Crippen molar-refractivity contribution in [3.63, 3.8) is 0 Å². The maximum Gasteiger partial charge on any atom is 0.179 e. The zero-order valence-electron chi connectivity index (χ0n) is 14.0. The molecule has 8 bridgehead atoms. The molecule has 0 aromatic heterocycles. The first-order valence-corrected chi connectivity index (χ1v) is 11.3. The number of alkyl halides is 1. The van der Waals surface area contributed by atoms with Gasteiger partial charge in [-0.05, 0) is 112 Å². The lowest BCUT2D eigenvalue weighted by molar-refractivity contribution is -0.203. The molecule has 0 aliphatic heterocycles. The molecular formula is C20H28ClOP. The second-order valence-corrected chi connectivity index (χ2v) is 12.3. The van der Waals surface area contributed by atoms with Crippen LogP contribution in [0.4, 0.5) is 0 Å². The highest BCUT2D eigenvalue weighted by Gasteiger charge is 2.74. The fourth-order valence-electron chi connectivity index (χ4n) is 9.62. The molecule has 1 nitrogen and oxygen atoms in total. The molecule has 5 atom stereocenters. The summed E-state index contributed by atoms with van der Waals surface area (Å²) in [6.07, 6.45) is 15.4. The third kappa shape index (κ3) is 1.60. The van der Waals surface area contributed by atoms with Gasteiger partial charge in [-0.2, -0.15) is 0 Å². The molecular weight excluding hydrogens is 323 g/mol. The Bertz CT molecular complexity index is 525. The summed E-state index contributed by atoms with van der Waals surface area (Å²) in [6.45, 7) is 0. The maximum absolute atomic E-state index is 12.5. The lowest BCUT2D eigenvalue weighted by Crippen LogP contribution is -2.68. The highest BCUT2D eigenvalue weighted by atomic mass is 35.5. The van der Waals surface area contributed by atoms with Gasteiger partial charge in [-0.15, -0.1) is 11.6 Å². The minimum atomic E-state index is -0.425. The van der Waals surface area contributed by atoms with Gasteiger partial charge in [-0.1, -0.05) is 0 Å². The van der Waals surface area contributed by atoms with Crippen LogP contribution in [0.2, 0.25) is 0 Å². The smallest absolute Gasteiger partial charge is 0.179 e. The van der Waals surface area contributed by atoms with E-state index in [2.05, 4.69) is 0 Å². The summed E-state index contributed by atoms with van der Waals surface area (Å²) in [5.74, 6) is 5.24. The average Bonchev–Trinajstić information content (AvgIpc) is 2.50. The van der Waals surface area contributed by atoms with Crippen molar-refractivity contribution in [1.82, 2.24) is 0 Å². The van der Waals surface area contributed by atoms with Crippen LogP contribution in [0.1, 0.15) is 70.6 Å². The van der Waals surface area contributed by atoms with Gasteiger partial charge in [0.25, 0.3) is 0 Å². The SMILES string of the molecule is O=P[C@@]1(Cl)C2C[C@@H]3C[C@H](C2)CC1(C12CC4CC(CC(C4)C1)C2)C3. The van der Waals surface area contributed by atoms with Crippen LogP contribution in [-0.2, 0) is 4.57 Å². The summed E-state index contributed by atoms with van der Waals surface area (Å²) in [7, 11) is 0.266. The lowest BCUT2D eigenvalue weighted by atomic mass is 9.34. The summed E-state index contributed by atoms with van der Waals surface area (Å²) in [6, 6.07) is 0. The van der Waals surface area contributed by atoms with Crippen LogP contribution in [0.15, 0.2) is 0 Å². The van der Waals surface area contributed by atoms with Gasteiger partial charge in [-0.3, -0.25) is 4.57 Å². The van der Waals surface area contributed by atoms with Crippen molar-refractivity contribution in [2.24, 2.45) is 46.3 Å². The first-order valence-electron chi connectivity index (χ1n) is 10.1. The highest BCUT2D eigenvalue weighted by Crippen LogP contribution is 2.80. The maximum atomic E-state index is 12.5. The second-order valence-electron chi connectivity index (χ2n) is 10.6. The van der Waals surface area contributed by atoms with Gasteiger partial charge in [-0.25, -0.2) is 0 Å². The first kappa shape index (κ1) is 14.5. The van der Waals surface area contributed by atoms with E-state index in [1.165, 1.54) is 70.6 Å². The molecule has 8 rings (SSSR count). The normalized spacial score (nSPS) is 65.6. The van der Waals surface area contributed by atoms with Crippen molar-refractivity contribution >= 4 is 20.1 Å². The molecule has 23 heavy (non-hydrogen) atoms. The van der Waals surface area contributed by atoms with E-state index in [4.69, 9.17) is 11.6 Å². The Morgan fingerprint density at radius 2 is 1.13 bits per heavy atom. The van der Waals surface area contributed by atoms with Crippen molar-refractivity contribution in [2.45, 2.75) is 75.2 Å². The molecule has 8 saturated carbocycles. The predicted molar refractivity (Wildman–Crippen MR) is 92.8 cm³/mol. The first-order chi connectivity index (χ1) is 11.1. The van der Waals surface area contributed by atoms with Crippen molar-refractivity contribution in [3.8, 4) is 0 Å². The van der Waals surface area contributed by atoms with Gasteiger partial charge in [0.1, 0.15) is 4.62 Å². The Balaban J connectivity index is 1.52. The summed E-state index contributed by atoms with van der Waals surface area (Å²) in [5.41, 5.74) is 0.659. The molecule has 2 unspecified atom stereocenters. The van der Waals surface area contributed by atoms with Crippen LogP contribution in [0, 0.1) is 46.3 Å². The molecule has 0 spiro atoms. The van der Waals surface area contributed by atoms with Crippen molar-refractivity contribution < 1.29 is 4.57 Å². The Labute approximate surface area is 146 Å². The summed E-state index contributed by atoms with van der Waals surface area (Å²) in [4.78, 5) is 0. The monoisotopic (exact) mass is 350 g/mol. The minimum Gasteiger partial charge on any atom is -0.273 e. The topological polar surface area (TPSA) is 17.1 Å². The van der Waals surface area contributed by atoms with E-state index in [0.29, 0.717) is 11.3 Å². The Morgan fingerprint density at radius 3 is 1.57 bits per heavy atom. The van der Waals surface area contributed by atoms with Crippen LogP contribution in [0.25, 0.3) is 0 Å². The fourth-order valence-corrected chi connectivity index (χ4v) is 11.1. The summed E-state index contributed by atoms with van der Waals surface area (Å²) in [5, 5.41) is 0. The summed E-state index contributed by atoms with van der Waals surface area (Å²) < 4.78 is 12.1. The lowest BCUT2D eigenvalue weighted by Gasteiger charge is -2.73. The molecule has 0 saturated heterocycles. The van der Waals surface area contributed by atoms with E-state index >= 15 is 0 Å². The molecule has 0 amide bonds. The van der Waals surface area contributed by atoms with Gasteiger partial charge >= 0.3 is 0 Å². The van der Waals surface area contributed by atoms with Gasteiger partial charge in [0.15, 0.2) is 8.46 Å². The molecule has 3 heteroatoms. The molecule has 8 aliphatic carbocycles. The van der Waals surface area contributed by atoms with E-state index in [0.717, 1.165) is 29.6 Å². The fraction of sp³-hybridized carbons (Fsp3) is 1.00.